The first-order valence-electron chi connectivity index (χ1n) is 4.90. The van der Waals surface area contributed by atoms with Crippen LogP contribution >= 0.6 is 11.6 Å². The summed E-state index contributed by atoms with van der Waals surface area (Å²) in [6.45, 7) is 4.01. The summed E-state index contributed by atoms with van der Waals surface area (Å²) in [4.78, 5) is 15.6. The molecule has 0 aromatic carbocycles. The average Bonchev–Trinajstić information content (AvgIpc) is 2.23. The molecule has 0 saturated heterocycles. The molecule has 0 aliphatic heterocycles. The monoisotopic (exact) mass is 229 g/mol. The predicted molar refractivity (Wildman–Crippen MR) is 62.4 cm³/mol. The molecule has 1 N–H and O–H groups in total. The molecule has 1 aromatic heterocycles. The molecular weight excluding hydrogens is 214 g/mol. The molecule has 0 aliphatic rings. The lowest BCUT2D eigenvalue weighted by Crippen LogP contribution is -2.30. The summed E-state index contributed by atoms with van der Waals surface area (Å²) in [6, 6.07) is 0.130. The van der Waals surface area contributed by atoms with Gasteiger partial charge in [-0.15, -0.1) is 11.6 Å². The van der Waals surface area contributed by atoms with Crippen molar-refractivity contribution in [1.29, 1.82) is 0 Å². The Kier molecular flexibility index (Phi) is 4.15. The van der Waals surface area contributed by atoms with E-state index in [1.165, 1.54) is 4.57 Å². The van der Waals surface area contributed by atoms with E-state index in [9.17, 15) is 4.79 Å². The molecular formula is C10H16ClN3O. The molecule has 1 aromatic rings. The van der Waals surface area contributed by atoms with Gasteiger partial charge in [-0.25, -0.2) is 4.98 Å². The van der Waals surface area contributed by atoms with Crippen molar-refractivity contribution in [3.05, 3.63) is 22.7 Å². The van der Waals surface area contributed by atoms with E-state index in [4.69, 9.17) is 11.6 Å². The molecule has 5 heteroatoms. The van der Waals surface area contributed by atoms with Gasteiger partial charge in [0.05, 0.1) is 0 Å². The molecule has 0 radical (unpaired) electrons. The Labute approximate surface area is 94.3 Å². The molecule has 1 rings (SSSR count). The van der Waals surface area contributed by atoms with Crippen molar-refractivity contribution in [3.8, 4) is 0 Å². The highest BCUT2D eigenvalue weighted by Gasteiger charge is 2.13. The minimum absolute atomic E-state index is 0.119. The van der Waals surface area contributed by atoms with Crippen LogP contribution in [-0.4, -0.2) is 21.5 Å². The van der Waals surface area contributed by atoms with Crippen LogP contribution < -0.4 is 10.9 Å². The van der Waals surface area contributed by atoms with E-state index in [1.807, 2.05) is 13.8 Å². The first kappa shape index (κ1) is 12.0. The van der Waals surface area contributed by atoms with Gasteiger partial charge in [0.1, 0.15) is 0 Å². The molecule has 0 amide bonds. The summed E-state index contributed by atoms with van der Waals surface area (Å²) in [5.74, 6) is 1.23. The molecule has 2 unspecified atom stereocenters. The molecule has 0 bridgehead atoms. The first-order chi connectivity index (χ1) is 7.06. The predicted octanol–water partition coefficient (Wildman–Crippen LogP) is 1.46. The van der Waals surface area contributed by atoms with Crippen LogP contribution in [0.3, 0.4) is 0 Å². The Morgan fingerprint density at radius 2 is 2.27 bits per heavy atom. The highest BCUT2D eigenvalue weighted by Crippen LogP contribution is 2.08. The Bertz CT molecular complexity index is 377. The van der Waals surface area contributed by atoms with E-state index in [0.717, 1.165) is 0 Å². The van der Waals surface area contributed by atoms with Crippen LogP contribution in [0.4, 0.5) is 5.82 Å². The van der Waals surface area contributed by atoms with Crippen LogP contribution in [0.1, 0.15) is 13.8 Å². The third-order valence-corrected chi connectivity index (χ3v) is 2.96. The molecule has 0 saturated carbocycles. The number of aromatic nitrogens is 2. The fourth-order valence-corrected chi connectivity index (χ4v) is 1.36. The van der Waals surface area contributed by atoms with Crippen LogP contribution in [0.2, 0.25) is 0 Å². The largest absolute Gasteiger partial charge is 0.363 e. The van der Waals surface area contributed by atoms with Gasteiger partial charge in [0.15, 0.2) is 5.82 Å². The lowest BCUT2D eigenvalue weighted by molar-refractivity contribution is 0.562. The third-order valence-electron chi connectivity index (χ3n) is 2.48. The van der Waals surface area contributed by atoms with E-state index < -0.39 is 0 Å². The summed E-state index contributed by atoms with van der Waals surface area (Å²) in [6.07, 6.45) is 3.23. The van der Waals surface area contributed by atoms with Crippen molar-refractivity contribution in [2.45, 2.75) is 19.9 Å². The normalized spacial score (nSPS) is 14.7. The number of alkyl halides is 1. The second kappa shape index (κ2) is 5.16. The molecule has 0 spiro atoms. The van der Waals surface area contributed by atoms with E-state index in [0.29, 0.717) is 17.6 Å². The maximum absolute atomic E-state index is 11.6. The Morgan fingerprint density at radius 3 is 2.87 bits per heavy atom. The zero-order valence-electron chi connectivity index (χ0n) is 9.20. The van der Waals surface area contributed by atoms with Crippen LogP contribution in [-0.2, 0) is 7.05 Å². The van der Waals surface area contributed by atoms with Crippen molar-refractivity contribution in [3.63, 3.8) is 0 Å². The van der Waals surface area contributed by atoms with E-state index >= 15 is 0 Å². The molecule has 0 aliphatic carbocycles. The smallest absolute Gasteiger partial charge is 0.293 e. The quantitative estimate of drug-likeness (QED) is 0.796. The first-order valence-corrected chi connectivity index (χ1v) is 5.44. The van der Waals surface area contributed by atoms with Crippen molar-refractivity contribution < 1.29 is 0 Å². The number of hydrogen-bond acceptors (Lipinski definition) is 3. The van der Waals surface area contributed by atoms with Gasteiger partial charge in [-0.3, -0.25) is 4.79 Å². The number of anilines is 1. The molecule has 4 nitrogen and oxygen atoms in total. The molecule has 84 valence electrons. The minimum Gasteiger partial charge on any atom is -0.363 e. The summed E-state index contributed by atoms with van der Waals surface area (Å²) in [5, 5.41) is 3.07. The molecule has 15 heavy (non-hydrogen) atoms. The van der Waals surface area contributed by atoms with Gasteiger partial charge in [-0.2, -0.15) is 0 Å². The standard InChI is InChI=1S/C10H16ClN3O/c1-7(6-11)8(2)13-9-10(15)14(3)5-4-12-9/h4-5,7-8H,6H2,1-3H3,(H,12,13). The summed E-state index contributed by atoms with van der Waals surface area (Å²) < 4.78 is 1.49. The summed E-state index contributed by atoms with van der Waals surface area (Å²) >= 11 is 5.74. The van der Waals surface area contributed by atoms with E-state index in [2.05, 4.69) is 10.3 Å². The fraction of sp³-hybridized carbons (Fsp3) is 0.600. The van der Waals surface area contributed by atoms with Gasteiger partial charge in [-0.05, 0) is 12.8 Å². The Morgan fingerprint density at radius 1 is 1.60 bits per heavy atom. The number of halogens is 1. The number of rotatable bonds is 4. The zero-order chi connectivity index (χ0) is 11.4. The number of aryl methyl sites for hydroxylation is 1. The second-order valence-corrected chi connectivity index (χ2v) is 4.07. The van der Waals surface area contributed by atoms with Crippen molar-refractivity contribution >= 4 is 17.4 Å². The Balaban J connectivity index is 2.81. The third kappa shape index (κ3) is 2.96. The lowest BCUT2D eigenvalue weighted by Gasteiger charge is -2.19. The van der Waals surface area contributed by atoms with Gasteiger partial charge >= 0.3 is 0 Å². The highest BCUT2D eigenvalue weighted by molar-refractivity contribution is 6.18. The van der Waals surface area contributed by atoms with E-state index in [-0.39, 0.29) is 11.6 Å². The number of hydrogen-bond donors (Lipinski definition) is 1. The molecule has 1 heterocycles. The maximum Gasteiger partial charge on any atom is 0.293 e. The summed E-state index contributed by atoms with van der Waals surface area (Å²) in [5.41, 5.74) is -0.119. The van der Waals surface area contributed by atoms with Crippen LogP contribution in [0.5, 0.6) is 0 Å². The Hall–Kier alpha value is -1.03. The topological polar surface area (TPSA) is 46.9 Å². The average molecular weight is 230 g/mol. The summed E-state index contributed by atoms with van der Waals surface area (Å²) in [7, 11) is 1.70. The van der Waals surface area contributed by atoms with Gasteiger partial charge < -0.3 is 9.88 Å². The lowest BCUT2D eigenvalue weighted by atomic mass is 10.1. The van der Waals surface area contributed by atoms with Gasteiger partial charge in [0.2, 0.25) is 0 Å². The SMILES string of the molecule is CC(CCl)C(C)Nc1nccn(C)c1=O. The highest BCUT2D eigenvalue weighted by atomic mass is 35.5. The molecule has 0 fully saturated rings. The van der Waals surface area contributed by atoms with Crippen LogP contribution in [0, 0.1) is 5.92 Å². The second-order valence-electron chi connectivity index (χ2n) is 3.76. The van der Waals surface area contributed by atoms with Crippen molar-refractivity contribution in [2.24, 2.45) is 13.0 Å². The number of nitrogens with zero attached hydrogens (tertiary/aromatic N) is 2. The van der Waals surface area contributed by atoms with Crippen molar-refractivity contribution in [2.75, 3.05) is 11.2 Å². The zero-order valence-corrected chi connectivity index (χ0v) is 9.95. The maximum atomic E-state index is 11.6. The number of nitrogens with one attached hydrogen (secondary N) is 1. The van der Waals surface area contributed by atoms with Gasteiger partial charge in [0.25, 0.3) is 5.56 Å². The van der Waals surface area contributed by atoms with Crippen LogP contribution in [0.25, 0.3) is 0 Å². The minimum atomic E-state index is -0.119. The van der Waals surface area contributed by atoms with Gasteiger partial charge in [0, 0.05) is 31.4 Å². The van der Waals surface area contributed by atoms with Crippen LogP contribution in [0.15, 0.2) is 17.2 Å². The fourth-order valence-electron chi connectivity index (χ4n) is 1.09. The van der Waals surface area contributed by atoms with E-state index in [1.54, 1.807) is 19.4 Å². The molecule has 2 atom stereocenters. The van der Waals surface area contributed by atoms with Gasteiger partial charge in [-0.1, -0.05) is 6.92 Å². The van der Waals surface area contributed by atoms with Crippen molar-refractivity contribution in [1.82, 2.24) is 9.55 Å².